The Morgan fingerprint density at radius 1 is 1.10 bits per heavy atom. The van der Waals surface area contributed by atoms with Gasteiger partial charge in [0.15, 0.2) is 0 Å². The van der Waals surface area contributed by atoms with Gasteiger partial charge >= 0.3 is 0 Å². The second-order valence-corrected chi connectivity index (χ2v) is 8.98. The third-order valence-electron chi connectivity index (χ3n) is 5.82. The first-order valence-corrected chi connectivity index (χ1v) is 12.1. The Bertz CT molecular complexity index is 851. The molecule has 0 aliphatic carbocycles. The van der Waals surface area contributed by atoms with Crippen LogP contribution >= 0.6 is 15.9 Å². The number of anilines is 1. The molecular weight excluding hydrogens is 454 g/mol. The molecule has 1 heterocycles. The van der Waals surface area contributed by atoms with Crippen molar-refractivity contribution in [3.8, 4) is 0 Å². The Labute approximate surface area is 193 Å². The number of rotatable bonds is 9. The minimum absolute atomic E-state index is 0.0138. The molecule has 2 N–H and O–H groups in total. The predicted octanol–water partition coefficient (Wildman–Crippen LogP) is 4.86. The number of amides is 2. The molecule has 0 spiro atoms. The Morgan fingerprint density at radius 2 is 1.84 bits per heavy atom. The van der Waals surface area contributed by atoms with Crippen LogP contribution in [0.3, 0.4) is 0 Å². The normalized spacial score (nSPS) is 15.9. The predicted molar refractivity (Wildman–Crippen MR) is 130 cm³/mol. The van der Waals surface area contributed by atoms with Gasteiger partial charge in [-0.25, -0.2) is 0 Å². The standard InChI is InChI=1S/C25H32BrN3O2/c1-2-23(30)28-22-11-6-10-21(18-22)19-12-16-29(17-13-19)15-7-14-27-25(31)24(26)20-8-4-3-5-9-20/h3-6,8-11,18-19,24H,2,7,12-17H2,1H3,(H,27,31)(H,28,30). The Morgan fingerprint density at radius 3 is 2.55 bits per heavy atom. The molecule has 6 heteroatoms. The van der Waals surface area contributed by atoms with Crippen molar-refractivity contribution in [1.82, 2.24) is 10.2 Å². The molecule has 31 heavy (non-hydrogen) atoms. The first kappa shape index (κ1) is 23.5. The van der Waals surface area contributed by atoms with Crippen LogP contribution in [0.15, 0.2) is 54.6 Å². The third kappa shape index (κ3) is 7.18. The van der Waals surface area contributed by atoms with E-state index in [-0.39, 0.29) is 16.6 Å². The van der Waals surface area contributed by atoms with E-state index in [0.29, 0.717) is 18.9 Å². The Balaban J connectivity index is 1.36. The van der Waals surface area contributed by atoms with Crippen molar-refractivity contribution in [2.45, 2.75) is 43.4 Å². The van der Waals surface area contributed by atoms with Gasteiger partial charge in [-0.05, 0) is 68.1 Å². The molecule has 0 aromatic heterocycles. The van der Waals surface area contributed by atoms with Gasteiger partial charge in [0, 0.05) is 18.7 Å². The molecule has 1 saturated heterocycles. The van der Waals surface area contributed by atoms with Crippen molar-refractivity contribution in [1.29, 1.82) is 0 Å². The summed E-state index contributed by atoms with van der Waals surface area (Å²) in [6, 6.07) is 18.0. The number of carbonyl (C=O) groups excluding carboxylic acids is 2. The van der Waals surface area contributed by atoms with Crippen LogP contribution in [0, 0.1) is 0 Å². The number of piperidine rings is 1. The van der Waals surface area contributed by atoms with E-state index in [2.05, 4.69) is 43.6 Å². The number of alkyl halides is 1. The lowest BCUT2D eigenvalue weighted by Crippen LogP contribution is -2.36. The smallest absolute Gasteiger partial charge is 0.238 e. The van der Waals surface area contributed by atoms with E-state index >= 15 is 0 Å². The van der Waals surface area contributed by atoms with Crippen LogP contribution in [-0.2, 0) is 9.59 Å². The molecular formula is C25H32BrN3O2. The van der Waals surface area contributed by atoms with E-state index < -0.39 is 0 Å². The van der Waals surface area contributed by atoms with Crippen LogP contribution in [0.25, 0.3) is 0 Å². The maximum absolute atomic E-state index is 12.3. The summed E-state index contributed by atoms with van der Waals surface area (Å²) in [5.74, 6) is 0.600. The van der Waals surface area contributed by atoms with Gasteiger partial charge in [-0.1, -0.05) is 65.3 Å². The minimum Gasteiger partial charge on any atom is -0.355 e. The fraction of sp³-hybridized carbons (Fsp3) is 0.440. The molecule has 0 saturated carbocycles. The van der Waals surface area contributed by atoms with E-state index in [1.54, 1.807) is 0 Å². The number of halogens is 1. The second kappa shape index (κ2) is 12.0. The molecule has 2 aromatic rings. The molecule has 0 bridgehead atoms. The highest BCUT2D eigenvalue weighted by atomic mass is 79.9. The fourth-order valence-corrected chi connectivity index (χ4v) is 4.45. The molecule has 1 unspecified atom stereocenters. The minimum atomic E-state index is -0.303. The summed E-state index contributed by atoms with van der Waals surface area (Å²) in [6.07, 6.45) is 3.68. The topological polar surface area (TPSA) is 61.4 Å². The van der Waals surface area contributed by atoms with Gasteiger partial charge < -0.3 is 15.5 Å². The van der Waals surface area contributed by atoms with E-state index in [1.165, 1.54) is 5.56 Å². The first-order valence-electron chi connectivity index (χ1n) is 11.2. The number of nitrogens with one attached hydrogen (secondary N) is 2. The second-order valence-electron chi connectivity index (χ2n) is 8.06. The molecule has 3 rings (SSSR count). The van der Waals surface area contributed by atoms with Gasteiger partial charge in [0.05, 0.1) is 0 Å². The highest BCUT2D eigenvalue weighted by Crippen LogP contribution is 2.29. The zero-order chi connectivity index (χ0) is 22.1. The molecule has 5 nitrogen and oxygen atoms in total. The number of hydrogen-bond donors (Lipinski definition) is 2. The first-order chi connectivity index (χ1) is 15.1. The lowest BCUT2D eigenvalue weighted by atomic mass is 9.89. The molecule has 166 valence electrons. The number of hydrogen-bond acceptors (Lipinski definition) is 3. The average Bonchev–Trinajstić information content (AvgIpc) is 2.82. The summed E-state index contributed by atoms with van der Waals surface area (Å²) in [7, 11) is 0. The van der Waals surface area contributed by atoms with E-state index in [4.69, 9.17) is 0 Å². The molecule has 2 amide bonds. The highest BCUT2D eigenvalue weighted by molar-refractivity contribution is 9.09. The molecule has 1 fully saturated rings. The maximum Gasteiger partial charge on any atom is 0.238 e. The van der Waals surface area contributed by atoms with Crippen molar-refractivity contribution < 1.29 is 9.59 Å². The summed E-state index contributed by atoms with van der Waals surface area (Å²) in [4.78, 5) is 26.1. The van der Waals surface area contributed by atoms with Crippen LogP contribution in [0.5, 0.6) is 0 Å². The molecule has 2 aromatic carbocycles. The van der Waals surface area contributed by atoms with Crippen molar-refractivity contribution in [3.05, 3.63) is 65.7 Å². The highest BCUT2D eigenvalue weighted by Gasteiger charge is 2.21. The van der Waals surface area contributed by atoms with Crippen molar-refractivity contribution >= 4 is 33.4 Å². The van der Waals surface area contributed by atoms with Crippen molar-refractivity contribution in [2.24, 2.45) is 0 Å². The van der Waals surface area contributed by atoms with Gasteiger partial charge in [-0.15, -0.1) is 0 Å². The van der Waals surface area contributed by atoms with Crippen LogP contribution in [0.4, 0.5) is 5.69 Å². The zero-order valence-electron chi connectivity index (χ0n) is 18.1. The van der Waals surface area contributed by atoms with E-state index in [1.807, 2.05) is 49.4 Å². The van der Waals surface area contributed by atoms with Gasteiger partial charge in [-0.3, -0.25) is 9.59 Å². The number of likely N-dealkylation sites (tertiary alicyclic amines) is 1. The van der Waals surface area contributed by atoms with Crippen molar-refractivity contribution in [3.63, 3.8) is 0 Å². The lowest BCUT2D eigenvalue weighted by molar-refractivity contribution is -0.120. The van der Waals surface area contributed by atoms with E-state index in [9.17, 15) is 9.59 Å². The van der Waals surface area contributed by atoms with Crippen molar-refractivity contribution in [2.75, 3.05) is 31.5 Å². The summed E-state index contributed by atoms with van der Waals surface area (Å²) < 4.78 is 0. The zero-order valence-corrected chi connectivity index (χ0v) is 19.7. The average molecular weight is 486 g/mol. The fourth-order valence-electron chi connectivity index (χ4n) is 3.99. The van der Waals surface area contributed by atoms with Gasteiger partial charge in [0.25, 0.3) is 0 Å². The molecule has 1 aliphatic heterocycles. The van der Waals surface area contributed by atoms with Gasteiger partial charge in [0.2, 0.25) is 11.8 Å². The molecule has 1 atom stereocenters. The summed E-state index contributed by atoms with van der Waals surface area (Å²) in [5.41, 5.74) is 3.17. The van der Waals surface area contributed by atoms with Gasteiger partial charge in [0.1, 0.15) is 4.83 Å². The molecule has 0 radical (unpaired) electrons. The monoisotopic (exact) mass is 485 g/mol. The maximum atomic E-state index is 12.3. The third-order valence-corrected chi connectivity index (χ3v) is 6.77. The summed E-state index contributed by atoms with van der Waals surface area (Å²) in [5, 5.41) is 5.99. The number of benzene rings is 2. The van der Waals surface area contributed by atoms with Crippen LogP contribution in [0.2, 0.25) is 0 Å². The molecule has 1 aliphatic rings. The Kier molecular flexibility index (Phi) is 9.10. The largest absolute Gasteiger partial charge is 0.355 e. The number of nitrogens with zero attached hydrogens (tertiary/aromatic N) is 1. The van der Waals surface area contributed by atoms with Crippen LogP contribution in [0.1, 0.15) is 54.5 Å². The SMILES string of the molecule is CCC(=O)Nc1cccc(C2CCN(CCCNC(=O)C(Br)c3ccccc3)CC2)c1. The van der Waals surface area contributed by atoms with E-state index in [0.717, 1.165) is 50.1 Å². The lowest BCUT2D eigenvalue weighted by Gasteiger charge is -2.32. The van der Waals surface area contributed by atoms with Gasteiger partial charge in [-0.2, -0.15) is 0 Å². The van der Waals surface area contributed by atoms with Crippen LogP contribution in [-0.4, -0.2) is 42.9 Å². The summed E-state index contributed by atoms with van der Waals surface area (Å²) in [6.45, 7) is 5.68. The van der Waals surface area contributed by atoms with Crippen LogP contribution < -0.4 is 10.6 Å². The Hall–Kier alpha value is -2.18. The summed E-state index contributed by atoms with van der Waals surface area (Å²) >= 11 is 3.49. The number of carbonyl (C=O) groups is 2. The quantitative estimate of drug-likeness (QED) is 0.393.